The highest BCUT2D eigenvalue weighted by Gasteiger charge is 2.10. The van der Waals surface area contributed by atoms with E-state index in [1.54, 1.807) is 4.68 Å². The number of carboxylic acid groups (broad SMARTS) is 1. The Morgan fingerprint density at radius 1 is 1.39 bits per heavy atom. The van der Waals surface area contributed by atoms with Gasteiger partial charge in [0.25, 0.3) is 0 Å². The molecule has 7 heteroatoms. The van der Waals surface area contributed by atoms with Gasteiger partial charge in [0.05, 0.1) is 31.9 Å². The molecule has 1 aliphatic heterocycles. The van der Waals surface area contributed by atoms with Gasteiger partial charge in [-0.1, -0.05) is 5.21 Å². The molecule has 1 aromatic rings. The Morgan fingerprint density at radius 2 is 2.17 bits per heavy atom. The summed E-state index contributed by atoms with van der Waals surface area (Å²) in [6.45, 7) is 5.20. The van der Waals surface area contributed by atoms with Crippen LogP contribution in [0.5, 0.6) is 0 Å². The summed E-state index contributed by atoms with van der Waals surface area (Å²) < 4.78 is 7.05. The third-order valence-electron chi connectivity index (χ3n) is 2.93. The molecule has 100 valence electrons. The topological polar surface area (TPSA) is 80.5 Å². The van der Waals surface area contributed by atoms with Gasteiger partial charge in [0, 0.05) is 32.3 Å². The zero-order valence-corrected chi connectivity index (χ0v) is 10.3. The van der Waals surface area contributed by atoms with Crippen molar-refractivity contribution < 1.29 is 14.6 Å². The lowest BCUT2D eigenvalue weighted by Gasteiger charge is -2.26. The van der Waals surface area contributed by atoms with E-state index in [1.165, 1.54) is 0 Å². The summed E-state index contributed by atoms with van der Waals surface area (Å²) in [7, 11) is 0. The molecule has 0 atom stereocenters. The molecule has 0 unspecified atom stereocenters. The third kappa shape index (κ3) is 4.08. The number of hydrogen-bond donors (Lipinski definition) is 1. The zero-order valence-electron chi connectivity index (χ0n) is 10.3. The number of aromatic nitrogens is 3. The fraction of sp³-hybridized carbons (Fsp3) is 0.727. The molecule has 0 spiro atoms. The van der Waals surface area contributed by atoms with Gasteiger partial charge in [0.15, 0.2) is 0 Å². The minimum Gasteiger partial charge on any atom is -0.481 e. The van der Waals surface area contributed by atoms with E-state index in [4.69, 9.17) is 9.84 Å². The number of ether oxygens (including phenoxy) is 1. The van der Waals surface area contributed by atoms with Crippen LogP contribution in [0.4, 0.5) is 0 Å². The van der Waals surface area contributed by atoms with Gasteiger partial charge in [-0.05, 0) is 0 Å². The largest absolute Gasteiger partial charge is 0.481 e. The molecule has 0 saturated carbocycles. The first-order valence-corrected chi connectivity index (χ1v) is 6.15. The number of aliphatic carboxylic acids is 1. The van der Waals surface area contributed by atoms with Crippen LogP contribution in [0, 0.1) is 0 Å². The lowest BCUT2D eigenvalue weighted by Crippen LogP contribution is -2.38. The lowest BCUT2D eigenvalue weighted by atomic mass is 10.2. The highest BCUT2D eigenvalue weighted by Crippen LogP contribution is 2.00. The van der Waals surface area contributed by atoms with Crippen molar-refractivity contribution in [3.8, 4) is 0 Å². The number of rotatable bonds is 6. The smallest absolute Gasteiger partial charge is 0.303 e. The van der Waals surface area contributed by atoms with Gasteiger partial charge in [-0.15, -0.1) is 5.10 Å². The fourth-order valence-corrected chi connectivity index (χ4v) is 1.87. The number of nitrogens with zero attached hydrogens (tertiary/aromatic N) is 4. The van der Waals surface area contributed by atoms with Gasteiger partial charge < -0.3 is 9.84 Å². The minimum atomic E-state index is -0.808. The quantitative estimate of drug-likeness (QED) is 0.746. The molecule has 1 aliphatic rings. The summed E-state index contributed by atoms with van der Waals surface area (Å²) in [6.07, 6.45) is 2.36. The second kappa shape index (κ2) is 6.46. The lowest BCUT2D eigenvalue weighted by molar-refractivity contribution is -0.136. The average molecular weight is 254 g/mol. The molecule has 0 bridgehead atoms. The van der Waals surface area contributed by atoms with Gasteiger partial charge in [0.1, 0.15) is 0 Å². The Hall–Kier alpha value is -1.47. The summed E-state index contributed by atoms with van der Waals surface area (Å²) in [5.74, 6) is -0.808. The van der Waals surface area contributed by atoms with Crippen LogP contribution >= 0.6 is 0 Å². The van der Waals surface area contributed by atoms with E-state index < -0.39 is 5.97 Å². The number of carbonyl (C=O) groups is 1. The molecule has 1 fully saturated rings. The van der Waals surface area contributed by atoms with Gasteiger partial charge in [0.2, 0.25) is 0 Å². The minimum absolute atomic E-state index is 0.0994. The highest BCUT2D eigenvalue weighted by molar-refractivity contribution is 5.66. The maximum Gasteiger partial charge on any atom is 0.303 e. The van der Waals surface area contributed by atoms with E-state index in [2.05, 4.69) is 15.2 Å². The van der Waals surface area contributed by atoms with Crippen LogP contribution in [0.3, 0.4) is 0 Å². The number of aryl methyl sites for hydroxylation is 1. The summed E-state index contributed by atoms with van der Waals surface area (Å²) in [4.78, 5) is 12.8. The van der Waals surface area contributed by atoms with E-state index in [0.29, 0.717) is 6.42 Å². The molecule has 2 rings (SSSR count). The molecular weight excluding hydrogens is 236 g/mol. The van der Waals surface area contributed by atoms with Crippen molar-refractivity contribution in [3.05, 3.63) is 11.9 Å². The van der Waals surface area contributed by atoms with Crippen LogP contribution in [0.15, 0.2) is 6.20 Å². The number of morpholine rings is 1. The van der Waals surface area contributed by atoms with Crippen LogP contribution in [-0.4, -0.2) is 63.8 Å². The molecule has 1 aromatic heterocycles. The fourth-order valence-electron chi connectivity index (χ4n) is 1.87. The second-order valence-electron chi connectivity index (χ2n) is 4.32. The summed E-state index contributed by atoms with van der Waals surface area (Å²) >= 11 is 0. The van der Waals surface area contributed by atoms with E-state index in [-0.39, 0.29) is 6.42 Å². The molecule has 1 N–H and O–H groups in total. The second-order valence-corrected chi connectivity index (χ2v) is 4.32. The first-order valence-electron chi connectivity index (χ1n) is 6.15. The van der Waals surface area contributed by atoms with Crippen LogP contribution in [0.1, 0.15) is 12.1 Å². The maximum absolute atomic E-state index is 10.4. The van der Waals surface area contributed by atoms with Gasteiger partial charge in [-0.3, -0.25) is 14.4 Å². The first-order chi connectivity index (χ1) is 8.74. The molecule has 18 heavy (non-hydrogen) atoms. The SMILES string of the molecule is O=C(O)CCc1cn(CCN2CCOCC2)nn1. The third-order valence-corrected chi connectivity index (χ3v) is 2.93. The molecule has 1 saturated heterocycles. The van der Waals surface area contributed by atoms with Crippen molar-refractivity contribution >= 4 is 5.97 Å². The van der Waals surface area contributed by atoms with Gasteiger partial charge in [-0.2, -0.15) is 0 Å². The molecule has 0 aliphatic carbocycles. The van der Waals surface area contributed by atoms with E-state index in [1.807, 2.05) is 6.20 Å². The van der Waals surface area contributed by atoms with Crippen LogP contribution in [0.25, 0.3) is 0 Å². The standard InChI is InChI=1S/C11H18N4O3/c16-11(17)2-1-10-9-15(13-12-10)4-3-14-5-7-18-8-6-14/h9H,1-8H2,(H,16,17). The average Bonchev–Trinajstić information content (AvgIpc) is 2.83. The highest BCUT2D eigenvalue weighted by atomic mass is 16.5. The van der Waals surface area contributed by atoms with E-state index in [9.17, 15) is 4.79 Å². The predicted octanol–water partition coefficient (Wildman–Crippen LogP) is -0.373. The normalized spacial score (nSPS) is 16.9. The molecular formula is C11H18N4O3. The monoisotopic (exact) mass is 254 g/mol. The van der Waals surface area contributed by atoms with Crippen molar-refractivity contribution in [2.75, 3.05) is 32.8 Å². The Bertz CT molecular complexity index is 387. The first kappa shape index (κ1) is 13.0. The predicted molar refractivity (Wildman–Crippen MR) is 63.2 cm³/mol. The van der Waals surface area contributed by atoms with Gasteiger partial charge >= 0.3 is 5.97 Å². The molecule has 0 aromatic carbocycles. The Balaban J connectivity index is 1.73. The zero-order chi connectivity index (χ0) is 12.8. The van der Waals surface area contributed by atoms with Crippen LogP contribution in [-0.2, 0) is 22.5 Å². The number of carboxylic acids is 1. The van der Waals surface area contributed by atoms with Crippen molar-refractivity contribution in [2.45, 2.75) is 19.4 Å². The Labute approximate surface area is 105 Å². The Morgan fingerprint density at radius 3 is 2.89 bits per heavy atom. The molecule has 7 nitrogen and oxygen atoms in total. The maximum atomic E-state index is 10.4. The van der Waals surface area contributed by atoms with E-state index in [0.717, 1.165) is 45.1 Å². The summed E-state index contributed by atoms with van der Waals surface area (Å²) in [5.41, 5.74) is 0.736. The summed E-state index contributed by atoms with van der Waals surface area (Å²) in [5, 5.41) is 16.5. The van der Waals surface area contributed by atoms with Gasteiger partial charge in [-0.25, -0.2) is 0 Å². The molecule has 2 heterocycles. The molecule has 0 radical (unpaired) electrons. The van der Waals surface area contributed by atoms with Crippen LogP contribution < -0.4 is 0 Å². The molecule has 0 amide bonds. The van der Waals surface area contributed by atoms with Crippen molar-refractivity contribution in [1.29, 1.82) is 0 Å². The summed E-state index contributed by atoms with van der Waals surface area (Å²) in [6, 6.07) is 0. The van der Waals surface area contributed by atoms with Crippen molar-refractivity contribution in [3.63, 3.8) is 0 Å². The van der Waals surface area contributed by atoms with Crippen molar-refractivity contribution in [1.82, 2.24) is 19.9 Å². The van der Waals surface area contributed by atoms with Crippen LogP contribution in [0.2, 0.25) is 0 Å². The number of hydrogen-bond acceptors (Lipinski definition) is 5. The van der Waals surface area contributed by atoms with Crippen molar-refractivity contribution in [2.24, 2.45) is 0 Å². The Kier molecular flexibility index (Phi) is 4.66. The van der Waals surface area contributed by atoms with E-state index >= 15 is 0 Å².